The molecule has 1 aromatic rings. The van der Waals surface area contributed by atoms with Crippen molar-refractivity contribution >= 4 is 24.0 Å². The molecule has 0 amide bonds. The Bertz CT molecular complexity index is 422. The quantitative estimate of drug-likeness (QED) is 0.889. The summed E-state index contributed by atoms with van der Waals surface area (Å²) in [5.74, 6) is 0.971. The molecule has 0 saturated heterocycles. The summed E-state index contributed by atoms with van der Waals surface area (Å²) in [6.07, 6.45) is 5.20. The van der Waals surface area contributed by atoms with Crippen molar-refractivity contribution in [2.45, 2.75) is 44.2 Å². The fourth-order valence-corrected chi connectivity index (χ4v) is 3.10. The van der Waals surface area contributed by atoms with Crippen molar-refractivity contribution in [1.82, 2.24) is 0 Å². The standard InChI is InChI=1S/C15H22ClNO2.ClH/c1-19-13-8-7-11(16)9-12(13)14(17)15(18)10-5-3-2-4-6-10;/h7-10,14-15,18H,2-6,17H2,1H3;1H/t14-,15+;/m1./s1. The first-order chi connectivity index (χ1) is 9.13. The van der Waals surface area contributed by atoms with Gasteiger partial charge in [0.1, 0.15) is 5.75 Å². The number of benzene rings is 1. The molecule has 1 aliphatic rings. The van der Waals surface area contributed by atoms with E-state index in [0.717, 1.165) is 18.4 Å². The Morgan fingerprint density at radius 2 is 1.95 bits per heavy atom. The van der Waals surface area contributed by atoms with Crippen LogP contribution in [-0.2, 0) is 0 Å². The van der Waals surface area contributed by atoms with Gasteiger partial charge in [-0.15, -0.1) is 12.4 Å². The van der Waals surface area contributed by atoms with E-state index in [4.69, 9.17) is 22.1 Å². The van der Waals surface area contributed by atoms with Crippen molar-refractivity contribution in [1.29, 1.82) is 0 Å². The molecule has 1 aliphatic carbocycles. The van der Waals surface area contributed by atoms with E-state index < -0.39 is 12.1 Å². The van der Waals surface area contributed by atoms with Crippen LogP contribution in [0.3, 0.4) is 0 Å². The number of halogens is 2. The predicted octanol–water partition coefficient (Wildman–Crippen LogP) is 3.71. The molecule has 1 aromatic carbocycles. The van der Waals surface area contributed by atoms with Crippen LogP contribution in [0.15, 0.2) is 18.2 Å². The summed E-state index contributed by atoms with van der Waals surface area (Å²) in [5.41, 5.74) is 7.01. The summed E-state index contributed by atoms with van der Waals surface area (Å²) in [5, 5.41) is 11.1. The maximum atomic E-state index is 10.5. The monoisotopic (exact) mass is 319 g/mol. The van der Waals surface area contributed by atoms with E-state index >= 15 is 0 Å². The van der Waals surface area contributed by atoms with Crippen LogP contribution >= 0.6 is 24.0 Å². The Morgan fingerprint density at radius 3 is 2.55 bits per heavy atom. The number of hydrogen-bond acceptors (Lipinski definition) is 3. The highest BCUT2D eigenvalue weighted by Gasteiger charge is 2.29. The van der Waals surface area contributed by atoms with Crippen molar-refractivity contribution < 1.29 is 9.84 Å². The minimum atomic E-state index is -0.535. The Hall–Kier alpha value is -0.480. The molecular formula is C15H23Cl2NO2. The third-order valence-electron chi connectivity index (χ3n) is 4.05. The molecule has 20 heavy (non-hydrogen) atoms. The highest BCUT2D eigenvalue weighted by molar-refractivity contribution is 6.30. The smallest absolute Gasteiger partial charge is 0.123 e. The number of methoxy groups -OCH3 is 1. The minimum Gasteiger partial charge on any atom is -0.496 e. The molecule has 3 N–H and O–H groups in total. The van der Waals surface area contributed by atoms with E-state index in [1.807, 2.05) is 0 Å². The molecule has 0 spiro atoms. The number of nitrogens with two attached hydrogens (primary N) is 1. The van der Waals surface area contributed by atoms with E-state index in [9.17, 15) is 5.11 Å². The number of aliphatic hydroxyl groups excluding tert-OH is 1. The molecule has 0 aliphatic heterocycles. The molecule has 0 radical (unpaired) electrons. The third-order valence-corrected chi connectivity index (χ3v) is 4.29. The van der Waals surface area contributed by atoms with E-state index in [-0.39, 0.29) is 18.3 Å². The summed E-state index contributed by atoms with van der Waals surface area (Å²) in [6, 6.07) is 4.91. The van der Waals surface area contributed by atoms with E-state index in [1.165, 1.54) is 19.3 Å². The van der Waals surface area contributed by atoms with E-state index in [0.29, 0.717) is 10.8 Å². The van der Waals surface area contributed by atoms with Gasteiger partial charge in [0.2, 0.25) is 0 Å². The molecule has 3 nitrogen and oxygen atoms in total. The normalized spacial score (nSPS) is 19.0. The van der Waals surface area contributed by atoms with Gasteiger partial charge in [0.25, 0.3) is 0 Å². The lowest BCUT2D eigenvalue weighted by atomic mass is 9.81. The first-order valence-corrected chi connectivity index (χ1v) is 7.28. The van der Waals surface area contributed by atoms with Gasteiger partial charge in [-0.1, -0.05) is 30.9 Å². The van der Waals surface area contributed by atoms with E-state index in [2.05, 4.69) is 0 Å². The van der Waals surface area contributed by atoms with Gasteiger partial charge >= 0.3 is 0 Å². The minimum absolute atomic E-state index is 0. The van der Waals surface area contributed by atoms with Gasteiger partial charge in [0, 0.05) is 10.6 Å². The first-order valence-electron chi connectivity index (χ1n) is 6.90. The second kappa shape index (κ2) is 8.08. The zero-order chi connectivity index (χ0) is 13.8. The van der Waals surface area contributed by atoms with Gasteiger partial charge in [-0.3, -0.25) is 0 Å². The lowest BCUT2D eigenvalue weighted by Crippen LogP contribution is -2.34. The lowest BCUT2D eigenvalue weighted by molar-refractivity contribution is 0.0611. The predicted molar refractivity (Wildman–Crippen MR) is 84.8 cm³/mol. The largest absolute Gasteiger partial charge is 0.496 e. The zero-order valence-electron chi connectivity index (χ0n) is 11.7. The molecule has 0 unspecified atom stereocenters. The van der Waals surface area contributed by atoms with Crippen LogP contribution in [0.5, 0.6) is 5.75 Å². The molecule has 0 aromatic heterocycles. The van der Waals surface area contributed by atoms with Crippen LogP contribution in [0, 0.1) is 5.92 Å². The lowest BCUT2D eigenvalue weighted by Gasteiger charge is -2.31. The number of rotatable bonds is 4. The van der Waals surface area contributed by atoms with Crippen LogP contribution in [0.1, 0.15) is 43.7 Å². The number of aliphatic hydroxyl groups is 1. The average Bonchev–Trinajstić information content (AvgIpc) is 2.46. The first kappa shape index (κ1) is 17.6. The van der Waals surface area contributed by atoms with Crippen LogP contribution in [0.2, 0.25) is 5.02 Å². The molecule has 0 bridgehead atoms. The fraction of sp³-hybridized carbons (Fsp3) is 0.600. The Kier molecular flexibility index (Phi) is 7.10. The van der Waals surface area contributed by atoms with Gasteiger partial charge in [-0.2, -0.15) is 0 Å². The second-order valence-electron chi connectivity index (χ2n) is 5.30. The zero-order valence-corrected chi connectivity index (χ0v) is 13.3. The molecule has 1 fully saturated rings. The van der Waals surface area contributed by atoms with Crippen molar-refractivity contribution in [2.75, 3.05) is 7.11 Å². The molecule has 5 heteroatoms. The SMILES string of the molecule is COc1ccc(Cl)cc1[C@@H](N)[C@@H](O)C1CCCCC1.Cl. The molecular weight excluding hydrogens is 297 g/mol. The maximum Gasteiger partial charge on any atom is 0.123 e. The highest BCUT2D eigenvalue weighted by Crippen LogP contribution is 2.35. The van der Waals surface area contributed by atoms with Gasteiger partial charge in [-0.25, -0.2) is 0 Å². The van der Waals surface area contributed by atoms with Gasteiger partial charge < -0.3 is 15.6 Å². The topological polar surface area (TPSA) is 55.5 Å². The second-order valence-corrected chi connectivity index (χ2v) is 5.74. The Balaban J connectivity index is 0.00000200. The summed E-state index contributed by atoms with van der Waals surface area (Å²) in [7, 11) is 1.60. The summed E-state index contributed by atoms with van der Waals surface area (Å²) >= 11 is 6.02. The van der Waals surface area contributed by atoms with Gasteiger partial charge in [0.05, 0.1) is 19.3 Å². The fourth-order valence-electron chi connectivity index (χ4n) is 2.92. The third kappa shape index (κ3) is 4.01. The summed E-state index contributed by atoms with van der Waals surface area (Å²) in [6.45, 7) is 0. The van der Waals surface area contributed by atoms with Crippen molar-refractivity contribution in [3.8, 4) is 5.75 Å². The van der Waals surface area contributed by atoms with Crippen molar-refractivity contribution in [2.24, 2.45) is 11.7 Å². The van der Waals surface area contributed by atoms with Gasteiger partial charge in [-0.05, 0) is 37.0 Å². The van der Waals surface area contributed by atoms with E-state index in [1.54, 1.807) is 25.3 Å². The van der Waals surface area contributed by atoms with Crippen molar-refractivity contribution in [3.63, 3.8) is 0 Å². The maximum absolute atomic E-state index is 10.5. The van der Waals surface area contributed by atoms with Crippen molar-refractivity contribution in [3.05, 3.63) is 28.8 Å². The summed E-state index contributed by atoms with van der Waals surface area (Å²) in [4.78, 5) is 0. The van der Waals surface area contributed by atoms with Crippen LogP contribution < -0.4 is 10.5 Å². The number of ether oxygens (including phenoxy) is 1. The Labute approximate surface area is 131 Å². The number of hydrogen-bond donors (Lipinski definition) is 2. The van der Waals surface area contributed by atoms with Crippen LogP contribution in [0.25, 0.3) is 0 Å². The molecule has 0 heterocycles. The molecule has 114 valence electrons. The molecule has 1 saturated carbocycles. The molecule has 2 rings (SSSR count). The van der Waals surface area contributed by atoms with Crippen LogP contribution in [-0.4, -0.2) is 18.3 Å². The molecule has 2 atom stereocenters. The summed E-state index contributed by atoms with van der Waals surface area (Å²) < 4.78 is 5.31. The Morgan fingerprint density at radius 1 is 1.30 bits per heavy atom. The average molecular weight is 320 g/mol. The van der Waals surface area contributed by atoms with Gasteiger partial charge in [0.15, 0.2) is 0 Å². The highest BCUT2D eigenvalue weighted by atomic mass is 35.5. The van der Waals surface area contributed by atoms with Crippen LogP contribution in [0.4, 0.5) is 0 Å².